The van der Waals surface area contributed by atoms with Crippen molar-refractivity contribution in [3.8, 4) is 56.7 Å². The second-order valence-electron chi connectivity index (χ2n) is 14.4. The summed E-state index contributed by atoms with van der Waals surface area (Å²) in [5, 5.41) is 0. The molecule has 1 aliphatic heterocycles. The molecular formula is C49H35N3O. The molecule has 1 aliphatic carbocycles. The zero-order chi connectivity index (χ0) is 35.6. The minimum absolute atomic E-state index is 0.199. The highest BCUT2D eigenvalue weighted by Crippen LogP contribution is 2.63. The fraction of sp³-hybridized carbons (Fsp3) is 0.0816. The molecule has 6 aromatic carbocycles. The van der Waals surface area contributed by atoms with Crippen molar-refractivity contribution in [1.82, 2.24) is 15.0 Å². The van der Waals surface area contributed by atoms with Gasteiger partial charge in [-0.05, 0) is 69.8 Å². The number of benzene rings is 6. The molecule has 0 saturated heterocycles. The maximum absolute atomic E-state index is 6.87. The zero-order valence-electron chi connectivity index (χ0n) is 29.5. The Bertz CT molecular complexity index is 2580. The SMILES string of the molecule is CC1(C)c2ccccc2C2(c3ccccc3Oc3cccc(-c4cccc(-c5cc(-c6ccccc6)nc(-c6ccccn6)n5)c4)c32)c2ccccc21. The smallest absolute Gasteiger partial charge is 0.179 e. The summed E-state index contributed by atoms with van der Waals surface area (Å²) in [6.45, 7) is 4.70. The molecule has 0 bridgehead atoms. The highest BCUT2D eigenvalue weighted by atomic mass is 16.5. The fourth-order valence-electron chi connectivity index (χ4n) is 8.73. The van der Waals surface area contributed by atoms with E-state index in [-0.39, 0.29) is 5.41 Å². The molecule has 53 heavy (non-hydrogen) atoms. The number of fused-ring (bicyclic) bond motifs is 8. The van der Waals surface area contributed by atoms with Crippen LogP contribution in [0.1, 0.15) is 47.2 Å². The van der Waals surface area contributed by atoms with Gasteiger partial charge in [0.05, 0.1) is 16.8 Å². The van der Waals surface area contributed by atoms with Crippen molar-refractivity contribution in [3.05, 3.63) is 209 Å². The van der Waals surface area contributed by atoms with E-state index in [9.17, 15) is 0 Å². The number of nitrogens with zero attached hydrogens (tertiary/aromatic N) is 3. The van der Waals surface area contributed by atoms with Crippen molar-refractivity contribution >= 4 is 0 Å². The predicted octanol–water partition coefficient (Wildman–Crippen LogP) is 11.7. The third-order valence-electron chi connectivity index (χ3n) is 11.1. The molecule has 4 nitrogen and oxygen atoms in total. The second-order valence-corrected chi connectivity index (χ2v) is 14.4. The monoisotopic (exact) mass is 681 g/mol. The van der Waals surface area contributed by atoms with E-state index < -0.39 is 5.41 Å². The van der Waals surface area contributed by atoms with E-state index in [1.54, 1.807) is 6.20 Å². The lowest BCUT2D eigenvalue weighted by molar-refractivity contribution is 0.426. The maximum Gasteiger partial charge on any atom is 0.179 e. The van der Waals surface area contributed by atoms with Gasteiger partial charge in [0.1, 0.15) is 17.2 Å². The molecular weight excluding hydrogens is 647 g/mol. The lowest BCUT2D eigenvalue weighted by atomic mass is 9.53. The summed E-state index contributed by atoms with van der Waals surface area (Å²) in [5.41, 5.74) is 13.3. The Morgan fingerprint density at radius 1 is 0.434 bits per heavy atom. The number of hydrogen-bond acceptors (Lipinski definition) is 4. The van der Waals surface area contributed by atoms with Gasteiger partial charge in [-0.2, -0.15) is 0 Å². The lowest BCUT2D eigenvalue weighted by Crippen LogP contribution is -2.43. The predicted molar refractivity (Wildman–Crippen MR) is 212 cm³/mol. The van der Waals surface area contributed by atoms with E-state index in [0.717, 1.165) is 62.0 Å². The first-order valence-electron chi connectivity index (χ1n) is 18.1. The van der Waals surface area contributed by atoms with E-state index in [4.69, 9.17) is 14.7 Å². The van der Waals surface area contributed by atoms with Crippen molar-refractivity contribution in [2.45, 2.75) is 24.7 Å². The first-order chi connectivity index (χ1) is 26.0. The van der Waals surface area contributed by atoms with E-state index in [1.807, 2.05) is 36.4 Å². The third-order valence-corrected chi connectivity index (χ3v) is 11.1. The molecule has 10 rings (SSSR count). The summed E-state index contributed by atoms with van der Waals surface area (Å²) in [6, 6.07) is 60.0. The van der Waals surface area contributed by atoms with Gasteiger partial charge in [0.15, 0.2) is 5.82 Å². The number of ether oxygens (including phenoxy) is 1. The molecule has 2 aliphatic rings. The van der Waals surface area contributed by atoms with Crippen molar-refractivity contribution in [1.29, 1.82) is 0 Å². The Kier molecular flexibility index (Phi) is 7.02. The highest BCUT2D eigenvalue weighted by Gasteiger charge is 2.53. The minimum atomic E-state index is -0.624. The highest BCUT2D eigenvalue weighted by molar-refractivity contribution is 5.85. The summed E-state index contributed by atoms with van der Waals surface area (Å²) in [7, 11) is 0. The number of pyridine rings is 1. The van der Waals surface area contributed by atoms with Crippen molar-refractivity contribution in [3.63, 3.8) is 0 Å². The topological polar surface area (TPSA) is 47.9 Å². The zero-order valence-corrected chi connectivity index (χ0v) is 29.5. The summed E-state index contributed by atoms with van der Waals surface area (Å²) in [4.78, 5) is 14.7. The van der Waals surface area contributed by atoms with Gasteiger partial charge in [0.25, 0.3) is 0 Å². The van der Waals surface area contributed by atoms with Gasteiger partial charge < -0.3 is 4.74 Å². The molecule has 1 spiro atoms. The van der Waals surface area contributed by atoms with Crippen LogP contribution >= 0.6 is 0 Å². The molecule has 0 unspecified atom stereocenters. The Morgan fingerprint density at radius 2 is 1.00 bits per heavy atom. The van der Waals surface area contributed by atoms with Crippen LogP contribution in [-0.4, -0.2) is 15.0 Å². The summed E-state index contributed by atoms with van der Waals surface area (Å²) in [6.07, 6.45) is 1.78. The van der Waals surface area contributed by atoms with Gasteiger partial charge in [0.2, 0.25) is 0 Å². The number of rotatable bonds is 4. The standard InChI is InChI=1S/C49H35N3O/c1-48(2)36-21-6-8-23-38(36)49(39-24-9-7-22-37(39)48)40-25-10-11-27-44(40)53-45-28-15-20-35(46(45)49)33-18-14-19-34(30-33)43-31-42(32-16-4-3-5-17-32)51-47(52-43)41-26-12-13-29-50-41/h3-31H,1-2H3. The fourth-order valence-corrected chi connectivity index (χ4v) is 8.73. The average molecular weight is 682 g/mol. The molecule has 8 aromatic rings. The number of para-hydroxylation sites is 1. The number of aromatic nitrogens is 3. The number of hydrogen-bond donors (Lipinski definition) is 0. The largest absolute Gasteiger partial charge is 0.457 e. The van der Waals surface area contributed by atoms with E-state index in [0.29, 0.717) is 5.82 Å². The molecule has 0 amide bonds. The minimum Gasteiger partial charge on any atom is -0.457 e. The molecule has 0 radical (unpaired) electrons. The lowest BCUT2D eigenvalue weighted by Gasteiger charge is -2.50. The molecule has 0 fully saturated rings. The van der Waals surface area contributed by atoms with E-state index in [2.05, 4.69) is 152 Å². The van der Waals surface area contributed by atoms with Gasteiger partial charge in [-0.15, -0.1) is 0 Å². The Labute approximate surface area is 309 Å². The second kappa shape index (κ2) is 12.0. The van der Waals surface area contributed by atoms with Crippen molar-refractivity contribution < 1.29 is 4.74 Å². The molecule has 0 N–H and O–H groups in total. The molecule has 0 saturated carbocycles. The van der Waals surface area contributed by atoms with Gasteiger partial charge in [-0.1, -0.05) is 147 Å². The third kappa shape index (κ3) is 4.72. The van der Waals surface area contributed by atoms with Gasteiger partial charge in [-0.25, -0.2) is 9.97 Å². The average Bonchev–Trinajstić information content (AvgIpc) is 3.23. The van der Waals surface area contributed by atoms with Gasteiger partial charge >= 0.3 is 0 Å². The molecule has 0 atom stereocenters. The summed E-state index contributed by atoms with van der Waals surface area (Å²) >= 11 is 0. The maximum atomic E-state index is 6.87. The Morgan fingerprint density at radius 3 is 1.72 bits per heavy atom. The van der Waals surface area contributed by atoms with Crippen LogP contribution in [0.3, 0.4) is 0 Å². The van der Waals surface area contributed by atoms with Crippen LogP contribution in [-0.2, 0) is 10.8 Å². The van der Waals surface area contributed by atoms with Crippen molar-refractivity contribution in [2.24, 2.45) is 0 Å². The van der Waals surface area contributed by atoms with Crippen LogP contribution in [0.15, 0.2) is 176 Å². The van der Waals surface area contributed by atoms with Crippen molar-refractivity contribution in [2.75, 3.05) is 0 Å². The Balaban J connectivity index is 1.23. The summed E-state index contributed by atoms with van der Waals surface area (Å²) < 4.78 is 6.87. The van der Waals surface area contributed by atoms with Crippen LogP contribution < -0.4 is 4.74 Å². The molecule has 4 heteroatoms. The van der Waals surface area contributed by atoms with Crippen LogP contribution in [0.25, 0.3) is 45.2 Å². The molecule has 3 heterocycles. The van der Waals surface area contributed by atoms with Gasteiger partial charge in [-0.3, -0.25) is 4.98 Å². The summed E-state index contributed by atoms with van der Waals surface area (Å²) in [5.74, 6) is 2.33. The normalized spacial score (nSPS) is 14.3. The van der Waals surface area contributed by atoms with Gasteiger partial charge in [0, 0.05) is 33.9 Å². The van der Waals surface area contributed by atoms with E-state index >= 15 is 0 Å². The van der Waals surface area contributed by atoms with E-state index in [1.165, 1.54) is 22.3 Å². The first-order valence-corrected chi connectivity index (χ1v) is 18.1. The van der Waals surface area contributed by atoms with Crippen LogP contribution in [0, 0.1) is 0 Å². The first kappa shape index (κ1) is 31.1. The Hall–Kier alpha value is -6.65. The quantitative estimate of drug-likeness (QED) is 0.185. The molecule has 2 aromatic heterocycles. The van der Waals surface area contributed by atoms with Crippen LogP contribution in [0.2, 0.25) is 0 Å². The van der Waals surface area contributed by atoms with Crippen LogP contribution in [0.4, 0.5) is 0 Å². The molecule has 252 valence electrons. The van der Waals surface area contributed by atoms with Crippen LogP contribution in [0.5, 0.6) is 11.5 Å².